The van der Waals surface area contributed by atoms with Crippen molar-refractivity contribution in [3.8, 4) is 0 Å². The molecule has 2 saturated heterocycles. The fourth-order valence-electron chi connectivity index (χ4n) is 4.32. The smallest absolute Gasteiger partial charge is 0.251 e. The number of hydrogen-bond donors (Lipinski definition) is 1. The monoisotopic (exact) mass is 419 g/mol. The summed E-state index contributed by atoms with van der Waals surface area (Å²) in [5.41, 5.74) is 2.31. The molecule has 6 nitrogen and oxygen atoms in total. The zero-order chi connectivity index (χ0) is 21.6. The number of amides is 3. The lowest BCUT2D eigenvalue weighted by Crippen LogP contribution is -2.49. The topological polar surface area (TPSA) is 69.7 Å². The molecule has 2 aliphatic rings. The Labute approximate surface area is 183 Å². The van der Waals surface area contributed by atoms with Gasteiger partial charge in [0.2, 0.25) is 11.8 Å². The molecular weight excluding hydrogens is 390 g/mol. The summed E-state index contributed by atoms with van der Waals surface area (Å²) in [4.78, 5) is 41.8. The molecule has 1 atom stereocenters. The van der Waals surface area contributed by atoms with Crippen LogP contribution in [0.25, 0.3) is 0 Å². The summed E-state index contributed by atoms with van der Waals surface area (Å²) in [7, 11) is 0. The number of carbonyl (C=O) groups is 3. The molecule has 2 aromatic rings. The summed E-state index contributed by atoms with van der Waals surface area (Å²) < 4.78 is 0. The van der Waals surface area contributed by atoms with Gasteiger partial charge in [-0.05, 0) is 55.5 Å². The van der Waals surface area contributed by atoms with E-state index in [0.29, 0.717) is 24.9 Å². The van der Waals surface area contributed by atoms with E-state index >= 15 is 0 Å². The number of carbonyl (C=O) groups excluding carboxylic acids is 3. The molecule has 2 fully saturated rings. The average molecular weight is 420 g/mol. The summed E-state index contributed by atoms with van der Waals surface area (Å²) >= 11 is 0. The number of anilines is 1. The van der Waals surface area contributed by atoms with Crippen molar-refractivity contribution < 1.29 is 14.4 Å². The Hall–Kier alpha value is -3.15. The lowest BCUT2D eigenvalue weighted by Gasteiger charge is -2.27. The van der Waals surface area contributed by atoms with Crippen molar-refractivity contribution in [3.05, 3.63) is 65.7 Å². The molecule has 0 saturated carbocycles. The largest absolute Gasteiger partial charge is 0.341 e. The molecule has 6 heteroatoms. The molecule has 2 heterocycles. The second kappa shape index (κ2) is 9.77. The van der Waals surface area contributed by atoms with Crippen molar-refractivity contribution in [2.45, 2.75) is 44.6 Å². The minimum atomic E-state index is -0.601. The van der Waals surface area contributed by atoms with E-state index in [0.717, 1.165) is 50.0 Å². The third kappa shape index (κ3) is 5.13. The quantitative estimate of drug-likeness (QED) is 0.782. The van der Waals surface area contributed by atoms with E-state index in [1.807, 2.05) is 47.4 Å². The molecule has 1 unspecified atom stereocenters. The van der Waals surface area contributed by atoms with E-state index in [2.05, 4.69) is 5.32 Å². The van der Waals surface area contributed by atoms with Crippen LogP contribution in [0, 0.1) is 0 Å². The molecule has 0 aliphatic carbocycles. The molecular formula is C25H29N3O3. The highest BCUT2D eigenvalue weighted by molar-refractivity contribution is 5.99. The lowest BCUT2D eigenvalue weighted by molar-refractivity contribution is -0.132. The molecule has 3 amide bonds. The van der Waals surface area contributed by atoms with E-state index in [-0.39, 0.29) is 17.7 Å². The van der Waals surface area contributed by atoms with Gasteiger partial charge in [0.15, 0.2) is 0 Å². The minimum Gasteiger partial charge on any atom is -0.341 e. The van der Waals surface area contributed by atoms with Crippen LogP contribution >= 0.6 is 0 Å². The fraction of sp³-hybridized carbons (Fsp3) is 0.400. The van der Waals surface area contributed by atoms with Crippen molar-refractivity contribution in [1.82, 2.24) is 10.2 Å². The van der Waals surface area contributed by atoms with E-state index in [1.165, 1.54) is 0 Å². The number of rotatable bonds is 6. The average Bonchev–Trinajstić information content (AvgIpc) is 3.34. The van der Waals surface area contributed by atoms with Crippen molar-refractivity contribution >= 4 is 23.4 Å². The molecule has 2 aromatic carbocycles. The minimum absolute atomic E-state index is 0.0229. The van der Waals surface area contributed by atoms with Crippen LogP contribution in [-0.2, 0) is 16.0 Å². The number of nitrogens with zero attached hydrogens (tertiary/aromatic N) is 2. The van der Waals surface area contributed by atoms with Crippen LogP contribution < -0.4 is 10.2 Å². The van der Waals surface area contributed by atoms with Gasteiger partial charge in [-0.15, -0.1) is 0 Å². The Morgan fingerprint density at radius 2 is 1.55 bits per heavy atom. The Balaban J connectivity index is 1.47. The van der Waals surface area contributed by atoms with Crippen molar-refractivity contribution in [3.63, 3.8) is 0 Å². The third-order valence-electron chi connectivity index (χ3n) is 6.07. The van der Waals surface area contributed by atoms with E-state index in [9.17, 15) is 14.4 Å². The maximum Gasteiger partial charge on any atom is 0.251 e. The summed E-state index contributed by atoms with van der Waals surface area (Å²) in [6, 6.07) is 16.2. The van der Waals surface area contributed by atoms with Gasteiger partial charge in [0.1, 0.15) is 6.04 Å². The number of likely N-dealkylation sites (tertiary alicyclic amines) is 1. The maximum atomic E-state index is 13.1. The van der Waals surface area contributed by atoms with Gasteiger partial charge in [-0.3, -0.25) is 14.4 Å². The number of piperidine rings is 1. The first-order valence-electron chi connectivity index (χ1n) is 11.2. The zero-order valence-corrected chi connectivity index (χ0v) is 17.8. The molecule has 4 rings (SSSR count). The Morgan fingerprint density at radius 1 is 0.871 bits per heavy atom. The highest BCUT2D eigenvalue weighted by atomic mass is 16.2. The summed E-state index contributed by atoms with van der Waals surface area (Å²) in [5.74, 6) is -0.169. The third-order valence-corrected chi connectivity index (χ3v) is 6.07. The Kier molecular flexibility index (Phi) is 6.65. The predicted molar refractivity (Wildman–Crippen MR) is 120 cm³/mol. The molecule has 31 heavy (non-hydrogen) atoms. The van der Waals surface area contributed by atoms with Gasteiger partial charge in [-0.2, -0.15) is 0 Å². The second-order valence-corrected chi connectivity index (χ2v) is 8.30. The number of nitrogens with one attached hydrogen (secondary N) is 1. The van der Waals surface area contributed by atoms with E-state index in [4.69, 9.17) is 0 Å². The highest BCUT2D eigenvalue weighted by Crippen LogP contribution is 2.21. The first-order chi connectivity index (χ1) is 15.1. The Bertz CT molecular complexity index is 921. The van der Waals surface area contributed by atoms with Crippen LogP contribution in [0.5, 0.6) is 0 Å². The lowest BCUT2D eigenvalue weighted by atomic mass is 10.0. The molecule has 0 radical (unpaired) electrons. The van der Waals surface area contributed by atoms with E-state index in [1.54, 1.807) is 17.0 Å². The SMILES string of the molecule is O=C(NC(Cc1ccccc1)C(=O)N1CCCC1)c1ccc(N2CCCCC2=O)cc1. The summed E-state index contributed by atoms with van der Waals surface area (Å²) in [6.45, 7) is 2.21. The van der Waals surface area contributed by atoms with E-state index < -0.39 is 6.04 Å². The van der Waals surface area contributed by atoms with Gasteiger partial charge in [-0.25, -0.2) is 0 Å². The molecule has 2 aliphatic heterocycles. The predicted octanol–water partition coefficient (Wildman–Crippen LogP) is 3.17. The first-order valence-corrected chi connectivity index (χ1v) is 11.2. The van der Waals surface area contributed by atoms with Crippen LogP contribution in [-0.4, -0.2) is 48.3 Å². The number of hydrogen-bond acceptors (Lipinski definition) is 3. The zero-order valence-electron chi connectivity index (χ0n) is 17.8. The van der Waals surface area contributed by atoms with Crippen LogP contribution in [0.1, 0.15) is 48.0 Å². The van der Waals surface area contributed by atoms with Gasteiger partial charge in [-0.1, -0.05) is 30.3 Å². The van der Waals surface area contributed by atoms with Gasteiger partial charge >= 0.3 is 0 Å². The van der Waals surface area contributed by atoms with Gasteiger partial charge in [0.05, 0.1) is 0 Å². The Morgan fingerprint density at radius 3 is 2.23 bits per heavy atom. The van der Waals surface area contributed by atoms with Crippen LogP contribution in [0.15, 0.2) is 54.6 Å². The maximum absolute atomic E-state index is 13.1. The molecule has 162 valence electrons. The van der Waals surface area contributed by atoms with Crippen LogP contribution in [0.4, 0.5) is 5.69 Å². The van der Waals surface area contributed by atoms with Gasteiger partial charge in [0, 0.05) is 43.7 Å². The highest BCUT2D eigenvalue weighted by Gasteiger charge is 2.28. The summed E-state index contributed by atoms with van der Waals surface area (Å²) in [5, 5.41) is 2.96. The molecule has 0 bridgehead atoms. The fourth-order valence-corrected chi connectivity index (χ4v) is 4.32. The summed E-state index contributed by atoms with van der Waals surface area (Å²) in [6.07, 6.45) is 4.98. The van der Waals surface area contributed by atoms with Gasteiger partial charge < -0.3 is 15.1 Å². The normalized spacial score (nSPS) is 17.5. The van der Waals surface area contributed by atoms with Crippen molar-refractivity contribution in [2.75, 3.05) is 24.5 Å². The van der Waals surface area contributed by atoms with Crippen molar-refractivity contribution in [2.24, 2.45) is 0 Å². The van der Waals surface area contributed by atoms with Crippen molar-refractivity contribution in [1.29, 1.82) is 0 Å². The van der Waals surface area contributed by atoms with Gasteiger partial charge in [0.25, 0.3) is 5.91 Å². The standard InChI is InChI=1S/C25H29N3O3/c29-23-10-4-5-17-28(23)21-13-11-20(12-14-21)24(30)26-22(18-19-8-2-1-3-9-19)25(31)27-15-6-7-16-27/h1-3,8-9,11-14,22H,4-7,10,15-18H2,(H,26,30). The molecule has 0 aromatic heterocycles. The van der Waals surface area contributed by atoms with Crippen LogP contribution in [0.3, 0.4) is 0 Å². The molecule has 0 spiro atoms. The molecule has 1 N–H and O–H groups in total. The first kappa shape index (κ1) is 21.1. The van der Waals surface area contributed by atoms with Crippen LogP contribution in [0.2, 0.25) is 0 Å². The second-order valence-electron chi connectivity index (χ2n) is 8.30. The number of benzene rings is 2.